The fourth-order valence-corrected chi connectivity index (χ4v) is 2.45. The van der Waals surface area contributed by atoms with Crippen LogP contribution in [0.1, 0.15) is 23.1 Å². The number of ether oxygens (including phenoxy) is 1. The molecule has 0 amide bonds. The fraction of sp³-hybridized carbons (Fsp3) is 0.188. The molecule has 3 rings (SSSR count). The molecule has 0 aromatic heterocycles. The molecule has 19 heavy (non-hydrogen) atoms. The molecule has 2 nitrogen and oxygen atoms in total. The number of nitrogens with zero attached hydrogens (tertiary/aromatic N) is 1. The molecular formula is C16H12FNO. The van der Waals surface area contributed by atoms with Crippen molar-refractivity contribution in [2.24, 2.45) is 0 Å². The first-order valence-corrected chi connectivity index (χ1v) is 6.26. The van der Waals surface area contributed by atoms with Gasteiger partial charge in [0.15, 0.2) is 0 Å². The normalized spacial score (nSPS) is 12.8. The third-order valence-electron chi connectivity index (χ3n) is 3.40. The van der Waals surface area contributed by atoms with Gasteiger partial charge < -0.3 is 4.74 Å². The van der Waals surface area contributed by atoms with Crippen molar-refractivity contribution in [3.8, 4) is 17.6 Å². The summed E-state index contributed by atoms with van der Waals surface area (Å²) in [5, 5.41) is 8.74. The zero-order valence-corrected chi connectivity index (χ0v) is 10.3. The van der Waals surface area contributed by atoms with Crippen LogP contribution in [-0.2, 0) is 12.8 Å². The number of hydrogen-bond acceptors (Lipinski definition) is 2. The molecule has 0 atom stereocenters. The van der Waals surface area contributed by atoms with E-state index in [0.29, 0.717) is 11.3 Å². The van der Waals surface area contributed by atoms with Gasteiger partial charge in [-0.05, 0) is 61.2 Å². The van der Waals surface area contributed by atoms with E-state index in [0.717, 1.165) is 36.1 Å². The van der Waals surface area contributed by atoms with Crippen molar-refractivity contribution in [2.75, 3.05) is 0 Å². The number of fused-ring (bicyclic) bond motifs is 1. The van der Waals surface area contributed by atoms with Crippen molar-refractivity contribution in [1.82, 2.24) is 0 Å². The molecule has 2 aromatic rings. The van der Waals surface area contributed by atoms with Gasteiger partial charge in [-0.1, -0.05) is 0 Å². The second-order valence-corrected chi connectivity index (χ2v) is 4.59. The van der Waals surface area contributed by atoms with Crippen molar-refractivity contribution >= 4 is 0 Å². The Morgan fingerprint density at radius 2 is 1.74 bits per heavy atom. The Morgan fingerprint density at radius 1 is 1.00 bits per heavy atom. The summed E-state index contributed by atoms with van der Waals surface area (Å²) < 4.78 is 19.4. The molecule has 0 fully saturated rings. The molecule has 2 aromatic carbocycles. The predicted octanol–water partition coefficient (Wildman–Crippen LogP) is 3.98. The molecule has 3 heteroatoms. The quantitative estimate of drug-likeness (QED) is 0.811. The Hall–Kier alpha value is -2.34. The maximum Gasteiger partial charge on any atom is 0.131 e. The molecule has 0 heterocycles. The van der Waals surface area contributed by atoms with Crippen molar-refractivity contribution in [2.45, 2.75) is 19.3 Å². The Labute approximate surface area is 111 Å². The average Bonchev–Trinajstić information content (AvgIpc) is 2.93. The van der Waals surface area contributed by atoms with E-state index in [1.54, 1.807) is 30.3 Å². The van der Waals surface area contributed by atoms with Gasteiger partial charge in [0.25, 0.3) is 0 Å². The fourth-order valence-electron chi connectivity index (χ4n) is 2.45. The smallest absolute Gasteiger partial charge is 0.131 e. The zero-order chi connectivity index (χ0) is 13.2. The molecule has 0 spiro atoms. The Morgan fingerprint density at radius 3 is 2.47 bits per heavy atom. The lowest BCUT2D eigenvalue weighted by atomic mass is 10.1. The number of nitriles is 1. The molecule has 0 bridgehead atoms. The highest BCUT2D eigenvalue weighted by Gasteiger charge is 2.19. The second-order valence-electron chi connectivity index (χ2n) is 4.59. The molecule has 0 aliphatic heterocycles. The van der Waals surface area contributed by atoms with Gasteiger partial charge in [0, 0.05) is 5.56 Å². The lowest BCUT2D eigenvalue weighted by Gasteiger charge is -2.11. The molecular weight excluding hydrogens is 241 g/mol. The highest BCUT2D eigenvalue weighted by molar-refractivity contribution is 5.46. The summed E-state index contributed by atoms with van der Waals surface area (Å²) >= 11 is 0. The van der Waals surface area contributed by atoms with Gasteiger partial charge in [-0.15, -0.1) is 0 Å². The lowest BCUT2D eigenvalue weighted by molar-refractivity contribution is 0.474. The molecule has 0 unspecified atom stereocenters. The molecule has 0 radical (unpaired) electrons. The minimum absolute atomic E-state index is 0.139. The third-order valence-corrected chi connectivity index (χ3v) is 3.40. The SMILES string of the molecule is N#Cc1ccc(Oc2ccc(F)c3c2CCC3)cc1. The van der Waals surface area contributed by atoms with Crippen LogP contribution in [0, 0.1) is 17.1 Å². The van der Waals surface area contributed by atoms with Crippen LogP contribution in [0.25, 0.3) is 0 Å². The Balaban J connectivity index is 1.91. The van der Waals surface area contributed by atoms with Gasteiger partial charge in [0.05, 0.1) is 11.6 Å². The van der Waals surface area contributed by atoms with Crippen molar-refractivity contribution in [3.63, 3.8) is 0 Å². The number of rotatable bonds is 2. The molecule has 1 aliphatic carbocycles. The summed E-state index contributed by atoms with van der Waals surface area (Å²) in [5.41, 5.74) is 2.35. The van der Waals surface area contributed by atoms with E-state index in [2.05, 4.69) is 6.07 Å². The molecule has 94 valence electrons. The molecule has 0 N–H and O–H groups in total. The largest absolute Gasteiger partial charge is 0.457 e. The van der Waals surface area contributed by atoms with Crippen LogP contribution in [0.4, 0.5) is 4.39 Å². The van der Waals surface area contributed by atoms with Crippen molar-refractivity contribution in [3.05, 3.63) is 58.9 Å². The summed E-state index contributed by atoms with van der Waals surface area (Å²) in [6, 6.07) is 12.1. The van der Waals surface area contributed by atoms with E-state index < -0.39 is 0 Å². The van der Waals surface area contributed by atoms with E-state index in [1.165, 1.54) is 6.07 Å². The van der Waals surface area contributed by atoms with Crippen LogP contribution < -0.4 is 4.74 Å². The van der Waals surface area contributed by atoms with Crippen molar-refractivity contribution < 1.29 is 9.13 Å². The summed E-state index contributed by atoms with van der Waals surface area (Å²) in [7, 11) is 0. The highest BCUT2D eigenvalue weighted by atomic mass is 19.1. The monoisotopic (exact) mass is 253 g/mol. The first kappa shape index (κ1) is 11.7. The molecule has 0 saturated heterocycles. The summed E-state index contributed by atoms with van der Waals surface area (Å²) in [6.07, 6.45) is 2.62. The minimum Gasteiger partial charge on any atom is -0.457 e. The van der Waals surface area contributed by atoms with E-state index in [1.807, 2.05) is 0 Å². The van der Waals surface area contributed by atoms with Crippen molar-refractivity contribution in [1.29, 1.82) is 5.26 Å². The maximum atomic E-state index is 13.6. The highest BCUT2D eigenvalue weighted by Crippen LogP contribution is 2.35. The number of hydrogen-bond donors (Lipinski definition) is 0. The second kappa shape index (κ2) is 4.74. The Kier molecular flexibility index (Phi) is 2.92. The first-order chi connectivity index (χ1) is 9.28. The van der Waals surface area contributed by atoms with Gasteiger partial charge in [-0.25, -0.2) is 4.39 Å². The number of halogens is 1. The van der Waals surface area contributed by atoms with E-state index in [-0.39, 0.29) is 5.82 Å². The summed E-state index contributed by atoms with van der Waals surface area (Å²) in [5.74, 6) is 1.25. The van der Waals surface area contributed by atoms with E-state index >= 15 is 0 Å². The van der Waals surface area contributed by atoms with Gasteiger partial charge >= 0.3 is 0 Å². The number of benzene rings is 2. The minimum atomic E-state index is -0.139. The van der Waals surface area contributed by atoms with Crippen LogP contribution in [-0.4, -0.2) is 0 Å². The maximum absolute atomic E-state index is 13.6. The predicted molar refractivity (Wildman–Crippen MR) is 69.7 cm³/mol. The summed E-state index contributed by atoms with van der Waals surface area (Å²) in [6.45, 7) is 0. The van der Waals surface area contributed by atoms with Crippen LogP contribution >= 0.6 is 0 Å². The van der Waals surface area contributed by atoms with E-state index in [4.69, 9.17) is 10.00 Å². The van der Waals surface area contributed by atoms with Crippen LogP contribution in [0.5, 0.6) is 11.5 Å². The third kappa shape index (κ3) is 2.17. The van der Waals surface area contributed by atoms with E-state index in [9.17, 15) is 4.39 Å². The molecule has 1 aliphatic rings. The zero-order valence-electron chi connectivity index (χ0n) is 10.3. The van der Waals surface area contributed by atoms with Crippen LogP contribution in [0.15, 0.2) is 36.4 Å². The average molecular weight is 253 g/mol. The summed E-state index contributed by atoms with van der Waals surface area (Å²) in [4.78, 5) is 0. The van der Waals surface area contributed by atoms with Crippen LogP contribution in [0.3, 0.4) is 0 Å². The van der Waals surface area contributed by atoms with Gasteiger partial charge in [-0.3, -0.25) is 0 Å². The standard InChI is InChI=1S/C16H12FNO/c17-15-8-9-16(14-3-1-2-13(14)15)19-12-6-4-11(10-18)5-7-12/h4-9H,1-3H2. The van der Waals surface area contributed by atoms with Gasteiger partial charge in [-0.2, -0.15) is 5.26 Å². The topological polar surface area (TPSA) is 33.0 Å². The van der Waals surface area contributed by atoms with Gasteiger partial charge in [0.2, 0.25) is 0 Å². The van der Waals surface area contributed by atoms with Crippen LogP contribution in [0.2, 0.25) is 0 Å². The van der Waals surface area contributed by atoms with Gasteiger partial charge in [0.1, 0.15) is 17.3 Å². The molecule has 0 saturated carbocycles. The first-order valence-electron chi connectivity index (χ1n) is 6.26. The lowest BCUT2D eigenvalue weighted by Crippen LogP contribution is -1.94. The Bertz CT molecular complexity index is 656.